The summed E-state index contributed by atoms with van der Waals surface area (Å²) in [5.74, 6) is -1.26. The number of nitrogens with one attached hydrogen (secondary N) is 1. The third-order valence-corrected chi connectivity index (χ3v) is 5.04. The highest BCUT2D eigenvalue weighted by atomic mass is 16.5. The normalized spacial score (nSPS) is 15.1. The van der Waals surface area contributed by atoms with Gasteiger partial charge in [-0.15, -0.1) is 0 Å². The number of ketones is 1. The SMILES string of the molecule is COc1ccc(C)cc1NC(=O)C(Oc1ccc(C(=O)O)cc1)C(=O)C1(C)CC1. The molecule has 0 radical (unpaired) electrons. The monoisotopic (exact) mass is 397 g/mol. The van der Waals surface area contributed by atoms with Gasteiger partial charge in [-0.2, -0.15) is 0 Å². The molecule has 1 atom stereocenters. The van der Waals surface area contributed by atoms with Crippen molar-refractivity contribution < 1.29 is 29.0 Å². The Balaban J connectivity index is 1.85. The van der Waals surface area contributed by atoms with Crippen molar-refractivity contribution in [1.29, 1.82) is 0 Å². The molecule has 1 amide bonds. The Hall–Kier alpha value is -3.35. The largest absolute Gasteiger partial charge is 0.495 e. The quantitative estimate of drug-likeness (QED) is 0.662. The number of Topliss-reactive ketones (excluding diaryl/α,β-unsaturated/α-hetero) is 1. The molecule has 1 aliphatic rings. The molecule has 1 saturated carbocycles. The standard InChI is InChI=1S/C22H23NO6/c1-13-4-9-17(28-3)16(12-13)23-20(25)18(19(24)22(2)10-11-22)29-15-7-5-14(6-8-15)21(26)27/h4-9,12,18H,10-11H2,1-3H3,(H,23,25)(H,26,27). The first kappa shape index (κ1) is 20.4. The van der Waals surface area contributed by atoms with Crippen molar-refractivity contribution in [3.63, 3.8) is 0 Å². The van der Waals surface area contributed by atoms with Gasteiger partial charge in [-0.05, 0) is 61.7 Å². The van der Waals surface area contributed by atoms with E-state index in [2.05, 4.69) is 5.32 Å². The number of rotatable bonds is 8. The van der Waals surface area contributed by atoms with Gasteiger partial charge in [0.1, 0.15) is 11.5 Å². The fourth-order valence-electron chi connectivity index (χ4n) is 2.91. The number of carbonyl (C=O) groups excluding carboxylic acids is 2. The van der Waals surface area contributed by atoms with Gasteiger partial charge in [0.25, 0.3) is 5.91 Å². The van der Waals surface area contributed by atoms with Gasteiger partial charge >= 0.3 is 5.97 Å². The van der Waals surface area contributed by atoms with E-state index in [9.17, 15) is 14.4 Å². The molecule has 0 saturated heterocycles. The minimum Gasteiger partial charge on any atom is -0.495 e. The average molecular weight is 397 g/mol. The van der Waals surface area contributed by atoms with Crippen LogP contribution in [0.4, 0.5) is 5.69 Å². The van der Waals surface area contributed by atoms with Crippen LogP contribution in [-0.4, -0.2) is 36.0 Å². The highest BCUT2D eigenvalue weighted by Gasteiger charge is 2.50. The number of carbonyl (C=O) groups is 3. The van der Waals surface area contributed by atoms with Crippen LogP contribution in [0.1, 0.15) is 35.7 Å². The first-order valence-electron chi connectivity index (χ1n) is 9.23. The molecule has 7 nitrogen and oxygen atoms in total. The van der Waals surface area contributed by atoms with E-state index in [4.69, 9.17) is 14.6 Å². The average Bonchev–Trinajstić information content (AvgIpc) is 3.44. The van der Waals surface area contributed by atoms with Crippen molar-refractivity contribution in [3.05, 3.63) is 53.6 Å². The molecule has 0 heterocycles. The number of anilines is 1. The van der Waals surface area contributed by atoms with E-state index in [0.29, 0.717) is 24.3 Å². The van der Waals surface area contributed by atoms with Crippen LogP contribution in [0.2, 0.25) is 0 Å². The molecule has 2 aromatic carbocycles. The maximum Gasteiger partial charge on any atom is 0.335 e. The molecule has 2 N–H and O–H groups in total. The lowest BCUT2D eigenvalue weighted by Crippen LogP contribution is -2.43. The number of amides is 1. The minimum atomic E-state index is -1.36. The van der Waals surface area contributed by atoms with Crippen molar-refractivity contribution in [3.8, 4) is 11.5 Å². The third-order valence-electron chi connectivity index (χ3n) is 5.04. The Labute approximate surface area is 168 Å². The lowest BCUT2D eigenvalue weighted by Gasteiger charge is -2.21. The summed E-state index contributed by atoms with van der Waals surface area (Å²) < 4.78 is 11.0. The fourth-order valence-corrected chi connectivity index (χ4v) is 2.91. The smallest absolute Gasteiger partial charge is 0.335 e. The van der Waals surface area contributed by atoms with Crippen molar-refractivity contribution in [2.24, 2.45) is 5.41 Å². The Morgan fingerprint density at radius 2 is 1.76 bits per heavy atom. The summed E-state index contributed by atoms with van der Waals surface area (Å²) in [5.41, 5.74) is 0.868. The number of ether oxygens (including phenoxy) is 2. The molecule has 2 aromatic rings. The lowest BCUT2D eigenvalue weighted by molar-refractivity contribution is -0.138. The molecular formula is C22H23NO6. The molecule has 152 valence electrons. The summed E-state index contributed by atoms with van der Waals surface area (Å²) in [6.07, 6.45) is 0.0402. The minimum absolute atomic E-state index is 0.0864. The highest BCUT2D eigenvalue weighted by Crippen LogP contribution is 2.47. The summed E-state index contributed by atoms with van der Waals surface area (Å²) in [7, 11) is 1.49. The third kappa shape index (κ3) is 4.56. The molecule has 1 aliphatic carbocycles. The van der Waals surface area contributed by atoms with E-state index >= 15 is 0 Å². The number of carboxylic acid groups (broad SMARTS) is 1. The lowest BCUT2D eigenvalue weighted by atomic mass is 9.98. The number of benzene rings is 2. The summed E-state index contributed by atoms with van der Waals surface area (Å²) in [5, 5.41) is 11.7. The van der Waals surface area contributed by atoms with Gasteiger partial charge in [0.05, 0.1) is 18.4 Å². The molecule has 0 aliphatic heterocycles. The van der Waals surface area contributed by atoms with Gasteiger partial charge in [0.2, 0.25) is 6.10 Å². The number of hydrogen-bond donors (Lipinski definition) is 2. The van der Waals surface area contributed by atoms with Crippen LogP contribution < -0.4 is 14.8 Å². The Morgan fingerprint density at radius 3 is 2.31 bits per heavy atom. The number of carboxylic acids is 1. The Kier molecular flexibility index (Phi) is 5.59. The molecule has 1 fully saturated rings. The second kappa shape index (κ2) is 7.95. The summed E-state index contributed by atoms with van der Waals surface area (Å²) in [6, 6.07) is 10.9. The Bertz CT molecular complexity index is 946. The van der Waals surface area contributed by atoms with Crippen LogP contribution in [0.3, 0.4) is 0 Å². The van der Waals surface area contributed by atoms with E-state index in [-0.39, 0.29) is 17.1 Å². The van der Waals surface area contributed by atoms with Gasteiger partial charge in [-0.3, -0.25) is 9.59 Å². The van der Waals surface area contributed by atoms with E-state index < -0.39 is 23.4 Å². The summed E-state index contributed by atoms with van der Waals surface area (Å²) in [4.78, 5) is 36.9. The van der Waals surface area contributed by atoms with Crippen LogP contribution in [-0.2, 0) is 9.59 Å². The first-order chi connectivity index (χ1) is 13.7. The van der Waals surface area contributed by atoms with E-state index in [0.717, 1.165) is 5.56 Å². The first-order valence-corrected chi connectivity index (χ1v) is 9.23. The predicted octanol–water partition coefficient (Wildman–Crippen LogP) is 3.46. The predicted molar refractivity (Wildman–Crippen MR) is 107 cm³/mol. The van der Waals surface area contributed by atoms with Crippen molar-refractivity contribution in [2.75, 3.05) is 12.4 Å². The fraction of sp³-hybridized carbons (Fsp3) is 0.318. The van der Waals surface area contributed by atoms with E-state index in [1.54, 1.807) is 19.1 Å². The van der Waals surface area contributed by atoms with Crippen LogP contribution in [0, 0.1) is 12.3 Å². The molecule has 0 bridgehead atoms. The maximum atomic E-state index is 13.0. The maximum absolute atomic E-state index is 13.0. The molecule has 0 aromatic heterocycles. The number of aryl methyl sites for hydroxylation is 1. The van der Waals surface area contributed by atoms with E-state index in [1.807, 2.05) is 13.0 Å². The zero-order valence-corrected chi connectivity index (χ0v) is 16.5. The van der Waals surface area contributed by atoms with Crippen LogP contribution >= 0.6 is 0 Å². The molecule has 1 unspecified atom stereocenters. The van der Waals surface area contributed by atoms with Crippen molar-refractivity contribution in [2.45, 2.75) is 32.8 Å². The zero-order valence-electron chi connectivity index (χ0n) is 16.5. The second-order valence-corrected chi connectivity index (χ2v) is 7.45. The van der Waals surface area contributed by atoms with Crippen LogP contribution in [0.25, 0.3) is 0 Å². The molecular weight excluding hydrogens is 374 g/mol. The summed E-state index contributed by atoms with van der Waals surface area (Å²) >= 11 is 0. The van der Waals surface area contributed by atoms with Gasteiger partial charge in [-0.1, -0.05) is 13.0 Å². The van der Waals surface area contributed by atoms with Crippen molar-refractivity contribution in [1.82, 2.24) is 0 Å². The van der Waals surface area contributed by atoms with E-state index in [1.165, 1.54) is 31.4 Å². The second-order valence-electron chi connectivity index (χ2n) is 7.45. The van der Waals surface area contributed by atoms with Gasteiger partial charge in [0.15, 0.2) is 5.78 Å². The number of methoxy groups -OCH3 is 1. The Morgan fingerprint density at radius 1 is 1.10 bits per heavy atom. The summed E-state index contributed by atoms with van der Waals surface area (Å²) in [6.45, 7) is 3.68. The molecule has 7 heteroatoms. The number of hydrogen-bond acceptors (Lipinski definition) is 5. The van der Waals surface area contributed by atoms with Crippen LogP contribution in [0.5, 0.6) is 11.5 Å². The number of aromatic carboxylic acids is 1. The highest BCUT2D eigenvalue weighted by molar-refractivity contribution is 6.13. The van der Waals surface area contributed by atoms with Gasteiger partial charge in [0, 0.05) is 5.41 Å². The molecule has 3 rings (SSSR count). The van der Waals surface area contributed by atoms with Crippen molar-refractivity contribution >= 4 is 23.3 Å². The molecule has 29 heavy (non-hydrogen) atoms. The zero-order chi connectivity index (χ0) is 21.2. The van der Waals surface area contributed by atoms with Crippen LogP contribution in [0.15, 0.2) is 42.5 Å². The van der Waals surface area contributed by atoms with Gasteiger partial charge < -0.3 is 19.9 Å². The molecule has 0 spiro atoms. The van der Waals surface area contributed by atoms with Gasteiger partial charge in [-0.25, -0.2) is 4.79 Å². The topological polar surface area (TPSA) is 102 Å².